The molecule has 2 aromatic heterocycles. The minimum Gasteiger partial charge on any atom is -0.448 e. The minimum absolute atomic E-state index is 0.0890. The van der Waals surface area contributed by atoms with Crippen molar-refractivity contribution in [3.8, 4) is 0 Å². The lowest BCUT2D eigenvalue weighted by Crippen LogP contribution is -2.25. The molecule has 148 valence electrons. The molecule has 0 spiro atoms. The quantitative estimate of drug-likeness (QED) is 0.354. The molecule has 0 saturated heterocycles. The molecular formula is C21H18ClN3O3S. The van der Waals surface area contributed by atoms with Crippen LogP contribution in [-0.4, -0.2) is 21.2 Å². The third-order valence-electron chi connectivity index (χ3n) is 4.39. The summed E-state index contributed by atoms with van der Waals surface area (Å²) in [4.78, 5) is 30.1. The van der Waals surface area contributed by atoms with Gasteiger partial charge in [0.05, 0.1) is 16.5 Å². The average Bonchev–Trinajstić information content (AvgIpc) is 3.07. The van der Waals surface area contributed by atoms with Crippen LogP contribution in [0.4, 0.5) is 5.69 Å². The van der Waals surface area contributed by atoms with E-state index >= 15 is 0 Å². The lowest BCUT2D eigenvalue weighted by atomic mass is 10.2. The summed E-state index contributed by atoms with van der Waals surface area (Å²) in [5.41, 5.74) is 1.64. The third-order valence-corrected chi connectivity index (χ3v) is 5.67. The number of thioether (sulfide) groups is 1. The second kappa shape index (κ2) is 7.93. The highest BCUT2D eigenvalue weighted by molar-refractivity contribution is 7.99. The smallest absolute Gasteiger partial charge is 0.298 e. The Labute approximate surface area is 175 Å². The highest BCUT2D eigenvalue weighted by Crippen LogP contribution is 2.28. The maximum Gasteiger partial charge on any atom is 0.298 e. The number of fused-ring (bicyclic) bond motifs is 3. The molecule has 8 heteroatoms. The molecule has 0 aliphatic rings. The van der Waals surface area contributed by atoms with E-state index < -0.39 is 0 Å². The number of nitrogens with one attached hydrogen (secondary N) is 1. The van der Waals surface area contributed by atoms with Crippen molar-refractivity contribution in [2.75, 3.05) is 11.1 Å². The molecule has 4 aromatic rings. The first-order valence-electron chi connectivity index (χ1n) is 9.06. The van der Waals surface area contributed by atoms with Gasteiger partial charge in [-0.1, -0.05) is 47.6 Å². The molecular weight excluding hydrogens is 410 g/mol. The summed E-state index contributed by atoms with van der Waals surface area (Å²) < 4.78 is 7.30. The number of amides is 1. The van der Waals surface area contributed by atoms with Gasteiger partial charge in [-0.05, 0) is 38.1 Å². The van der Waals surface area contributed by atoms with Gasteiger partial charge in [0.2, 0.25) is 11.5 Å². The van der Waals surface area contributed by atoms with Crippen LogP contribution in [0, 0.1) is 0 Å². The normalized spacial score (nSPS) is 11.4. The second-order valence-corrected chi connectivity index (χ2v) is 8.11. The maximum absolute atomic E-state index is 13.0. The standard InChI is InChI=1S/C21H18ClN3O3S/c1-12(2)25-20(27)19-18(13-7-3-6-10-16(13)28-19)24-21(25)29-11-17(26)23-15-9-5-4-8-14(15)22/h3-10,12H,11H2,1-2H3,(H,23,26). The van der Waals surface area contributed by atoms with E-state index in [1.165, 1.54) is 11.8 Å². The van der Waals surface area contributed by atoms with Crippen LogP contribution < -0.4 is 10.9 Å². The Morgan fingerprint density at radius 1 is 1.21 bits per heavy atom. The molecule has 2 aromatic carbocycles. The number of furan rings is 1. The van der Waals surface area contributed by atoms with Crippen LogP contribution in [-0.2, 0) is 4.79 Å². The van der Waals surface area contributed by atoms with Gasteiger partial charge in [-0.3, -0.25) is 14.2 Å². The van der Waals surface area contributed by atoms with Gasteiger partial charge in [0, 0.05) is 11.4 Å². The van der Waals surface area contributed by atoms with E-state index in [1.807, 2.05) is 32.0 Å². The lowest BCUT2D eigenvalue weighted by molar-refractivity contribution is -0.113. The molecule has 1 amide bonds. The minimum atomic E-state index is -0.254. The monoisotopic (exact) mass is 427 g/mol. The van der Waals surface area contributed by atoms with Crippen LogP contribution in [0.1, 0.15) is 19.9 Å². The van der Waals surface area contributed by atoms with Crippen LogP contribution in [0.25, 0.3) is 22.1 Å². The van der Waals surface area contributed by atoms with Crippen molar-refractivity contribution in [1.29, 1.82) is 0 Å². The van der Waals surface area contributed by atoms with Crippen LogP contribution in [0.2, 0.25) is 5.02 Å². The van der Waals surface area contributed by atoms with Crippen molar-refractivity contribution in [2.24, 2.45) is 0 Å². The molecule has 0 aliphatic heterocycles. The molecule has 1 N–H and O–H groups in total. The van der Waals surface area contributed by atoms with Crippen LogP contribution in [0.5, 0.6) is 0 Å². The van der Waals surface area contributed by atoms with Crippen LogP contribution in [0.15, 0.2) is 62.9 Å². The zero-order valence-electron chi connectivity index (χ0n) is 15.8. The predicted octanol–water partition coefficient (Wildman–Crippen LogP) is 5.11. The molecule has 0 atom stereocenters. The molecule has 2 heterocycles. The number of rotatable bonds is 5. The Bertz CT molecular complexity index is 1280. The summed E-state index contributed by atoms with van der Waals surface area (Å²) >= 11 is 7.30. The summed E-state index contributed by atoms with van der Waals surface area (Å²) in [5, 5.41) is 4.49. The van der Waals surface area contributed by atoms with Crippen molar-refractivity contribution in [3.05, 3.63) is 63.9 Å². The van der Waals surface area contributed by atoms with Gasteiger partial charge in [-0.25, -0.2) is 4.98 Å². The summed E-state index contributed by atoms with van der Waals surface area (Å²) in [6.45, 7) is 3.79. The third kappa shape index (κ3) is 3.75. The molecule has 29 heavy (non-hydrogen) atoms. The number of benzene rings is 2. The number of carbonyl (C=O) groups excluding carboxylic acids is 1. The average molecular weight is 428 g/mol. The number of halogens is 1. The maximum atomic E-state index is 13.0. The Hall–Kier alpha value is -2.77. The van der Waals surface area contributed by atoms with E-state index in [9.17, 15) is 9.59 Å². The Morgan fingerprint density at radius 2 is 1.93 bits per heavy atom. The zero-order valence-corrected chi connectivity index (χ0v) is 17.4. The van der Waals surface area contributed by atoms with Crippen molar-refractivity contribution in [3.63, 3.8) is 0 Å². The highest BCUT2D eigenvalue weighted by Gasteiger charge is 2.20. The van der Waals surface area contributed by atoms with Crippen molar-refractivity contribution < 1.29 is 9.21 Å². The second-order valence-electron chi connectivity index (χ2n) is 6.76. The van der Waals surface area contributed by atoms with E-state index in [4.69, 9.17) is 16.0 Å². The number of nitrogens with zero attached hydrogens (tertiary/aromatic N) is 2. The van der Waals surface area contributed by atoms with Gasteiger partial charge in [-0.15, -0.1) is 0 Å². The van der Waals surface area contributed by atoms with E-state index in [0.29, 0.717) is 27.0 Å². The molecule has 0 aliphatic carbocycles. The van der Waals surface area contributed by atoms with Gasteiger partial charge in [0.1, 0.15) is 11.1 Å². The summed E-state index contributed by atoms with van der Waals surface area (Å²) in [6, 6.07) is 14.3. The topological polar surface area (TPSA) is 77.1 Å². The highest BCUT2D eigenvalue weighted by atomic mass is 35.5. The van der Waals surface area contributed by atoms with Crippen molar-refractivity contribution >= 4 is 57.0 Å². The summed E-state index contributed by atoms with van der Waals surface area (Å²) in [7, 11) is 0. The number of para-hydroxylation sites is 2. The number of aromatic nitrogens is 2. The lowest BCUT2D eigenvalue weighted by Gasteiger charge is -2.14. The van der Waals surface area contributed by atoms with E-state index in [1.54, 1.807) is 34.9 Å². The summed E-state index contributed by atoms with van der Waals surface area (Å²) in [5.74, 6) is -0.143. The number of hydrogen-bond donors (Lipinski definition) is 1. The van der Waals surface area contributed by atoms with Gasteiger partial charge in [0.15, 0.2) is 5.16 Å². The number of carbonyl (C=O) groups is 1. The first-order valence-corrected chi connectivity index (χ1v) is 10.4. The van der Waals surface area contributed by atoms with Gasteiger partial charge in [0.25, 0.3) is 5.56 Å². The SMILES string of the molecule is CC(C)n1c(SCC(=O)Nc2ccccc2Cl)nc2c(oc3ccccc32)c1=O. The molecule has 0 fully saturated rings. The first kappa shape index (κ1) is 19.5. The van der Waals surface area contributed by atoms with Crippen molar-refractivity contribution in [1.82, 2.24) is 9.55 Å². The Morgan fingerprint density at radius 3 is 2.69 bits per heavy atom. The molecule has 0 saturated carbocycles. The summed E-state index contributed by atoms with van der Waals surface area (Å²) in [6.07, 6.45) is 0. The van der Waals surface area contributed by atoms with Crippen LogP contribution in [0.3, 0.4) is 0 Å². The predicted molar refractivity (Wildman–Crippen MR) is 117 cm³/mol. The molecule has 0 radical (unpaired) electrons. The van der Waals surface area contributed by atoms with E-state index in [0.717, 1.165) is 5.39 Å². The molecule has 6 nitrogen and oxygen atoms in total. The zero-order chi connectivity index (χ0) is 20.5. The van der Waals surface area contributed by atoms with E-state index in [-0.39, 0.29) is 28.8 Å². The molecule has 0 bridgehead atoms. The van der Waals surface area contributed by atoms with E-state index in [2.05, 4.69) is 10.3 Å². The first-order chi connectivity index (χ1) is 14.0. The Balaban J connectivity index is 1.68. The molecule has 4 rings (SSSR count). The number of hydrogen-bond acceptors (Lipinski definition) is 5. The van der Waals surface area contributed by atoms with Gasteiger partial charge >= 0.3 is 0 Å². The fourth-order valence-corrected chi connectivity index (χ4v) is 4.17. The fourth-order valence-electron chi connectivity index (χ4n) is 3.07. The fraction of sp³-hybridized carbons (Fsp3) is 0.190. The van der Waals surface area contributed by atoms with Crippen LogP contribution >= 0.6 is 23.4 Å². The largest absolute Gasteiger partial charge is 0.448 e. The Kier molecular flexibility index (Phi) is 5.34. The molecule has 0 unspecified atom stereocenters. The van der Waals surface area contributed by atoms with Gasteiger partial charge in [-0.2, -0.15) is 0 Å². The number of anilines is 1. The van der Waals surface area contributed by atoms with Crippen molar-refractivity contribution in [2.45, 2.75) is 25.0 Å². The van der Waals surface area contributed by atoms with Gasteiger partial charge < -0.3 is 9.73 Å².